The first kappa shape index (κ1) is 18.3. The van der Waals surface area contributed by atoms with E-state index in [2.05, 4.69) is 9.88 Å². The molecule has 2 aromatic rings. The number of pyridine rings is 1. The average molecular weight is 371 g/mol. The van der Waals surface area contributed by atoms with Crippen LogP contribution in [0.15, 0.2) is 36.5 Å². The number of likely N-dealkylation sites (tertiary alicyclic amines) is 1. The monoisotopic (exact) mass is 371 g/mol. The van der Waals surface area contributed by atoms with Crippen molar-refractivity contribution in [1.82, 2.24) is 14.8 Å². The molecule has 3 atom stereocenters. The summed E-state index contributed by atoms with van der Waals surface area (Å²) in [7, 11) is 0. The van der Waals surface area contributed by atoms with Gasteiger partial charge in [-0.3, -0.25) is 14.7 Å². The number of carbonyl (C=O) groups is 1. The Labute approximate surface area is 158 Å². The first-order chi connectivity index (χ1) is 13.1. The van der Waals surface area contributed by atoms with Crippen molar-refractivity contribution < 1.29 is 19.7 Å². The Morgan fingerprint density at radius 2 is 1.89 bits per heavy atom. The Hall–Kier alpha value is -2.06. The van der Waals surface area contributed by atoms with Crippen LogP contribution in [0.3, 0.4) is 0 Å². The van der Waals surface area contributed by atoms with Gasteiger partial charge in [-0.05, 0) is 17.9 Å². The molecule has 1 amide bonds. The van der Waals surface area contributed by atoms with E-state index in [4.69, 9.17) is 4.74 Å². The van der Waals surface area contributed by atoms with Crippen LogP contribution in [-0.2, 0) is 4.74 Å². The predicted molar refractivity (Wildman–Crippen MR) is 100 cm³/mol. The van der Waals surface area contributed by atoms with Crippen molar-refractivity contribution in [2.45, 2.75) is 24.7 Å². The van der Waals surface area contributed by atoms with Crippen molar-refractivity contribution in [3.8, 4) is 0 Å². The topological polar surface area (TPSA) is 86.1 Å². The van der Waals surface area contributed by atoms with Crippen molar-refractivity contribution in [3.63, 3.8) is 0 Å². The Morgan fingerprint density at radius 3 is 2.70 bits per heavy atom. The van der Waals surface area contributed by atoms with E-state index < -0.39 is 12.2 Å². The van der Waals surface area contributed by atoms with Crippen molar-refractivity contribution in [1.29, 1.82) is 0 Å². The van der Waals surface area contributed by atoms with E-state index in [0.717, 1.165) is 10.8 Å². The third kappa shape index (κ3) is 3.68. The number of benzene rings is 1. The van der Waals surface area contributed by atoms with E-state index in [1.165, 1.54) is 0 Å². The lowest BCUT2D eigenvalue weighted by Gasteiger charge is -2.38. The van der Waals surface area contributed by atoms with Gasteiger partial charge in [0.2, 0.25) is 0 Å². The fourth-order valence-electron chi connectivity index (χ4n) is 4.01. The summed E-state index contributed by atoms with van der Waals surface area (Å²) in [5, 5.41) is 22.8. The number of rotatable bonds is 2. The number of aromatic nitrogens is 1. The number of aliphatic hydroxyl groups is 2. The predicted octanol–water partition coefficient (Wildman–Crippen LogP) is 0.503. The standard InChI is InChI=1S/C20H25N3O4/c24-17-6-8-23(13-16(19(17)25)22-9-11-27-12-10-22)20(26)18-15-4-2-1-3-14(15)5-7-21-18/h1-5,7,16-17,19,24-25H,6,8-13H2/t16-,17-,19+/m1/s1. The second kappa shape index (κ2) is 7.90. The number of amides is 1. The third-order valence-electron chi connectivity index (χ3n) is 5.57. The molecule has 4 rings (SSSR count). The van der Waals surface area contributed by atoms with Crippen LogP contribution in [0.2, 0.25) is 0 Å². The van der Waals surface area contributed by atoms with Gasteiger partial charge >= 0.3 is 0 Å². The normalized spacial score (nSPS) is 27.5. The number of ether oxygens (including phenoxy) is 1. The molecule has 27 heavy (non-hydrogen) atoms. The van der Waals surface area contributed by atoms with E-state index in [0.29, 0.717) is 51.5 Å². The number of fused-ring (bicyclic) bond motifs is 1. The lowest BCUT2D eigenvalue weighted by Crippen LogP contribution is -2.55. The first-order valence-electron chi connectivity index (χ1n) is 9.46. The molecule has 144 valence electrons. The van der Waals surface area contributed by atoms with Crippen LogP contribution in [0.5, 0.6) is 0 Å². The quantitative estimate of drug-likeness (QED) is 0.800. The zero-order valence-corrected chi connectivity index (χ0v) is 15.2. The summed E-state index contributed by atoms with van der Waals surface area (Å²) in [6.45, 7) is 3.31. The number of carbonyl (C=O) groups excluding carboxylic acids is 1. The maximum atomic E-state index is 13.3. The molecule has 1 aromatic carbocycles. The van der Waals surface area contributed by atoms with Crippen molar-refractivity contribution in [3.05, 3.63) is 42.2 Å². The molecule has 0 spiro atoms. The number of aliphatic hydroxyl groups excluding tert-OH is 2. The molecular formula is C20H25N3O4. The molecule has 2 aliphatic heterocycles. The fraction of sp³-hybridized carbons (Fsp3) is 0.500. The van der Waals surface area contributed by atoms with Crippen molar-refractivity contribution in [2.24, 2.45) is 0 Å². The Kier molecular flexibility index (Phi) is 5.36. The summed E-state index contributed by atoms with van der Waals surface area (Å²) in [6.07, 6.45) is 0.257. The van der Waals surface area contributed by atoms with Gasteiger partial charge in [-0.25, -0.2) is 0 Å². The van der Waals surface area contributed by atoms with Gasteiger partial charge in [-0.1, -0.05) is 24.3 Å². The SMILES string of the molecule is O=C(c1nccc2ccccc12)N1CC[C@@H](O)[C@@H](O)[C@H](N2CCOCC2)C1. The highest BCUT2D eigenvalue weighted by Gasteiger charge is 2.38. The van der Waals surface area contributed by atoms with Crippen LogP contribution in [0.4, 0.5) is 0 Å². The van der Waals surface area contributed by atoms with E-state index in [9.17, 15) is 15.0 Å². The minimum atomic E-state index is -0.888. The summed E-state index contributed by atoms with van der Waals surface area (Å²) in [6, 6.07) is 9.26. The molecule has 0 bridgehead atoms. The number of hydrogen-bond donors (Lipinski definition) is 2. The molecule has 0 aliphatic carbocycles. The highest BCUT2D eigenvalue weighted by molar-refractivity contribution is 6.05. The van der Waals surface area contributed by atoms with E-state index in [1.807, 2.05) is 30.3 Å². The number of nitrogens with zero attached hydrogens (tertiary/aromatic N) is 3. The van der Waals surface area contributed by atoms with Gasteiger partial charge < -0.3 is 19.8 Å². The van der Waals surface area contributed by atoms with Gasteiger partial charge in [0.1, 0.15) is 5.69 Å². The fourth-order valence-corrected chi connectivity index (χ4v) is 4.01. The molecule has 2 saturated heterocycles. The zero-order valence-electron chi connectivity index (χ0n) is 15.2. The average Bonchev–Trinajstić information content (AvgIpc) is 2.87. The van der Waals surface area contributed by atoms with Gasteiger partial charge in [-0.15, -0.1) is 0 Å². The van der Waals surface area contributed by atoms with Crippen molar-refractivity contribution >= 4 is 16.7 Å². The van der Waals surface area contributed by atoms with Gasteiger partial charge in [-0.2, -0.15) is 0 Å². The minimum absolute atomic E-state index is 0.161. The molecule has 2 N–H and O–H groups in total. The van der Waals surface area contributed by atoms with Crippen LogP contribution >= 0.6 is 0 Å². The van der Waals surface area contributed by atoms with Crippen LogP contribution in [-0.4, -0.2) is 88.5 Å². The number of hydrogen-bond acceptors (Lipinski definition) is 6. The second-order valence-corrected chi connectivity index (χ2v) is 7.19. The zero-order chi connectivity index (χ0) is 18.8. The lowest BCUT2D eigenvalue weighted by molar-refractivity contribution is -0.0609. The molecular weight excluding hydrogens is 346 g/mol. The molecule has 0 unspecified atom stereocenters. The van der Waals surface area contributed by atoms with Gasteiger partial charge in [0.05, 0.1) is 31.5 Å². The molecule has 3 heterocycles. The summed E-state index contributed by atoms with van der Waals surface area (Å²) in [5.74, 6) is -0.161. The second-order valence-electron chi connectivity index (χ2n) is 7.19. The Balaban J connectivity index is 1.62. The van der Waals surface area contributed by atoms with Gasteiger partial charge in [0.15, 0.2) is 0 Å². The maximum Gasteiger partial charge on any atom is 0.273 e. The molecule has 7 nitrogen and oxygen atoms in total. The highest BCUT2D eigenvalue weighted by Crippen LogP contribution is 2.22. The van der Waals surface area contributed by atoms with Crippen LogP contribution < -0.4 is 0 Å². The van der Waals surface area contributed by atoms with Crippen molar-refractivity contribution in [2.75, 3.05) is 39.4 Å². The number of morpholine rings is 1. The summed E-state index contributed by atoms with van der Waals surface area (Å²) < 4.78 is 5.40. The third-order valence-corrected chi connectivity index (χ3v) is 5.57. The largest absolute Gasteiger partial charge is 0.390 e. The maximum absolute atomic E-state index is 13.3. The van der Waals surface area contributed by atoms with E-state index in [-0.39, 0.29) is 11.9 Å². The van der Waals surface area contributed by atoms with Crippen LogP contribution in [0, 0.1) is 0 Å². The molecule has 7 heteroatoms. The minimum Gasteiger partial charge on any atom is -0.390 e. The summed E-state index contributed by atoms with van der Waals surface area (Å²) >= 11 is 0. The van der Waals surface area contributed by atoms with Crippen LogP contribution in [0.1, 0.15) is 16.9 Å². The van der Waals surface area contributed by atoms with Gasteiger partial charge in [0, 0.05) is 37.8 Å². The summed E-state index contributed by atoms with van der Waals surface area (Å²) in [5.41, 5.74) is 0.416. The first-order valence-corrected chi connectivity index (χ1v) is 9.46. The summed E-state index contributed by atoms with van der Waals surface area (Å²) in [4.78, 5) is 21.4. The Bertz CT molecular complexity index is 803. The molecule has 2 fully saturated rings. The smallest absolute Gasteiger partial charge is 0.273 e. The van der Waals surface area contributed by atoms with Gasteiger partial charge in [0.25, 0.3) is 5.91 Å². The highest BCUT2D eigenvalue weighted by atomic mass is 16.5. The van der Waals surface area contributed by atoms with E-state index >= 15 is 0 Å². The lowest BCUT2D eigenvalue weighted by atomic mass is 10.0. The molecule has 0 radical (unpaired) electrons. The molecule has 0 saturated carbocycles. The molecule has 1 aromatic heterocycles. The Morgan fingerprint density at radius 1 is 1.11 bits per heavy atom. The molecule has 2 aliphatic rings. The van der Waals surface area contributed by atoms with E-state index in [1.54, 1.807) is 11.1 Å². The van der Waals surface area contributed by atoms with Crippen LogP contribution in [0.25, 0.3) is 10.8 Å².